The molecule has 210 valence electrons. The Morgan fingerprint density at radius 2 is 1.05 bits per heavy atom. The maximum atomic E-state index is 2.44. The number of fused-ring (bicyclic) bond motifs is 4. The molecular weight excluding hydrogens is 530 g/mol. The Kier molecular flexibility index (Phi) is 6.20. The van der Waals surface area contributed by atoms with E-state index in [1.165, 1.54) is 55.3 Å². The molecule has 0 spiro atoms. The first-order valence-corrected chi connectivity index (χ1v) is 15.4. The van der Waals surface area contributed by atoms with Crippen LogP contribution < -0.4 is 4.90 Å². The molecule has 0 unspecified atom stereocenters. The first-order chi connectivity index (χ1) is 21.6. The SMILES string of the molecule is CC1(C)c2ccccc2-c2ccc(N(c3ccccc3)c3cccc(-c4cccc5ccccc45)c3-c3ccccc3)cc21. The zero-order chi connectivity index (χ0) is 29.7. The van der Waals surface area contributed by atoms with Gasteiger partial charge in [-0.15, -0.1) is 0 Å². The number of para-hydroxylation sites is 1. The normalized spacial score (nSPS) is 13.0. The molecule has 44 heavy (non-hydrogen) atoms. The van der Waals surface area contributed by atoms with Gasteiger partial charge in [0.25, 0.3) is 0 Å². The summed E-state index contributed by atoms with van der Waals surface area (Å²) in [5.74, 6) is 0. The van der Waals surface area contributed by atoms with Gasteiger partial charge in [-0.1, -0.05) is 147 Å². The van der Waals surface area contributed by atoms with Crippen LogP contribution in [0.2, 0.25) is 0 Å². The fraction of sp³-hybridized carbons (Fsp3) is 0.0698. The zero-order valence-electron chi connectivity index (χ0n) is 25.0. The molecule has 0 saturated carbocycles. The molecule has 1 nitrogen and oxygen atoms in total. The summed E-state index contributed by atoms with van der Waals surface area (Å²) >= 11 is 0. The second-order valence-electron chi connectivity index (χ2n) is 12.2. The molecule has 0 N–H and O–H groups in total. The van der Waals surface area contributed by atoms with Gasteiger partial charge < -0.3 is 4.90 Å². The Bertz CT molecular complexity index is 2140. The predicted octanol–water partition coefficient (Wildman–Crippen LogP) is 11.9. The maximum absolute atomic E-state index is 2.44. The minimum Gasteiger partial charge on any atom is -0.310 e. The van der Waals surface area contributed by atoms with Gasteiger partial charge in [-0.05, 0) is 80.0 Å². The van der Waals surface area contributed by atoms with Gasteiger partial charge in [0.05, 0.1) is 5.69 Å². The fourth-order valence-corrected chi connectivity index (χ4v) is 7.16. The van der Waals surface area contributed by atoms with Crippen molar-refractivity contribution in [3.8, 4) is 33.4 Å². The van der Waals surface area contributed by atoms with Crippen molar-refractivity contribution in [1.82, 2.24) is 0 Å². The monoisotopic (exact) mass is 563 g/mol. The van der Waals surface area contributed by atoms with Crippen LogP contribution in [0.15, 0.2) is 164 Å². The third kappa shape index (κ3) is 4.16. The second-order valence-corrected chi connectivity index (χ2v) is 12.2. The highest BCUT2D eigenvalue weighted by atomic mass is 15.1. The van der Waals surface area contributed by atoms with Crippen LogP contribution >= 0.6 is 0 Å². The Morgan fingerprint density at radius 1 is 0.432 bits per heavy atom. The van der Waals surface area contributed by atoms with Crippen LogP contribution in [0, 0.1) is 0 Å². The summed E-state index contributed by atoms with van der Waals surface area (Å²) in [4.78, 5) is 2.44. The average molecular weight is 564 g/mol. The van der Waals surface area contributed by atoms with E-state index in [4.69, 9.17) is 0 Å². The molecular formula is C43H33N. The van der Waals surface area contributed by atoms with E-state index in [0.29, 0.717) is 0 Å². The predicted molar refractivity (Wildman–Crippen MR) is 187 cm³/mol. The molecule has 0 fully saturated rings. The summed E-state index contributed by atoms with van der Waals surface area (Å²) in [5.41, 5.74) is 13.7. The lowest BCUT2D eigenvalue weighted by molar-refractivity contribution is 0.660. The first-order valence-electron chi connectivity index (χ1n) is 15.4. The topological polar surface area (TPSA) is 3.24 Å². The van der Waals surface area contributed by atoms with Crippen molar-refractivity contribution in [2.24, 2.45) is 0 Å². The van der Waals surface area contributed by atoms with Crippen LogP contribution in [0.1, 0.15) is 25.0 Å². The van der Waals surface area contributed by atoms with Gasteiger partial charge in [0.2, 0.25) is 0 Å². The van der Waals surface area contributed by atoms with Gasteiger partial charge in [-0.3, -0.25) is 0 Å². The summed E-state index contributed by atoms with van der Waals surface area (Å²) in [6, 6.07) is 59.6. The highest BCUT2D eigenvalue weighted by Gasteiger charge is 2.36. The molecule has 0 saturated heterocycles. The molecule has 0 radical (unpaired) electrons. The van der Waals surface area contributed by atoms with Crippen LogP contribution in [0.3, 0.4) is 0 Å². The highest BCUT2D eigenvalue weighted by molar-refractivity contribution is 6.04. The Hall–Kier alpha value is -5.40. The smallest absolute Gasteiger partial charge is 0.0546 e. The number of benzene rings is 7. The third-order valence-electron chi connectivity index (χ3n) is 9.27. The van der Waals surface area contributed by atoms with Crippen molar-refractivity contribution in [3.05, 3.63) is 175 Å². The van der Waals surface area contributed by atoms with Crippen molar-refractivity contribution in [3.63, 3.8) is 0 Å². The van der Waals surface area contributed by atoms with Crippen molar-refractivity contribution >= 4 is 27.8 Å². The van der Waals surface area contributed by atoms with Crippen LogP contribution in [0.4, 0.5) is 17.1 Å². The Morgan fingerprint density at radius 3 is 1.89 bits per heavy atom. The molecule has 0 aromatic heterocycles. The van der Waals surface area contributed by atoms with Gasteiger partial charge in [-0.25, -0.2) is 0 Å². The number of nitrogens with zero attached hydrogens (tertiary/aromatic N) is 1. The van der Waals surface area contributed by atoms with E-state index in [9.17, 15) is 0 Å². The van der Waals surface area contributed by atoms with Crippen LogP contribution in [0.25, 0.3) is 44.2 Å². The maximum Gasteiger partial charge on any atom is 0.0546 e. The summed E-state index contributed by atoms with van der Waals surface area (Å²) < 4.78 is 0. The number of hydrogen-bond acceptors (Lipinski definition) is 1. The lowest BCUT2D eigenvalue weighted by Crippen LogP contribution is -2.17. The van der Waals surface area contributed by atoms with E-state index in [2.05, 4.69) is 183 Å². The molecule has 8 rings (SSSR count). The second kappa shape index (κ2) is 10.4. The quantitative estimate of drug-likeness (QED) is 0.201. The molecule has 1 aliphatic carbocycles. The van der Waals surface area contributed by atoms with Gasteiger partial charge in [-0.2, -0.15) is 0 Å². The van der Waals surface area contributed by atoms with Crippen LogP contribution in [-0.4, -0.2) is 0 Å². The van der Waals surface area contributed by atoms with Gasteiger partial charge >= 0.3 is 0 Å². The molecule has 1 aliphatic rings. The number of rotatable bonds is 5. The lowest BCUT2D eigenvalue weighted by atomic mass is 9.82. The molecule has 0 heterocycles. The number of anilines is 3. The van der Waals surface area contributed by atoms with Gasteiger partial charge in [0, 0.05) is 22.4 Å². The molecule has 1 heteroatoms. The summed E-state index contributed by atoms with van der Waals surface area (Å²) in [7, 11) is 0. The van der Waals surface area contributed by atoms with Gasteiger partial charge in [0.15, 0.2) is 0 Å². The fourth-order valence-electron chi connectivity index (χ4n) is 7.16. The van der Waals surface area contributed by atoms with Crippen molar-refractivity contribution in [1.29, 1.82) is 0 Å². The summed E-state index contributed by atoms with van der Waals surface area (Å²) in [6.07, 6.45) is 0. The van der Waals surface area contributed by atoms with E-state index < -0.39 is 0 Å². The average Bonchev–Trinajstić information content (AvgIpc) is 3.31. The van der Waals surface area contributed by atoms with Crippen molar-refractivity contribution in [2.45, 2.75) is 19.3 Å². The van der Waals surface area contributed by atoms with E-state index in [-0.39, 0.29) is 5.41 Å². The van der Waals surface area contributed by atoms with E-state index in [1.807, 2.05) is 0 Å². The Balaban J connectivity index is 1.41. The minimum absolute atomic E-state index is 0.0860. The van der Waals surface area contributed by atoms with Crippen LogP contribution in [0.5, 0.6) is 0 Å². The number of hydrogen-bond donors (Lipinski definition) is 0. The Labute approximate surface area is 259 Å². The lowest BCUT2D eigenvalue weighted by Gasteiger charge is -2.31. The van der Waals surface area contributed by atoms with Crippen LogP contribution in [-0.2, 0) is 5.41 Å². The van der Waals surface area contributed by atoms with Gasteiger partial charge in [0.1, 0.15) is 0 Å². The molecule has 7 aromatic rings. The molecule has 0 bridgehead atoms. The zero-order valence-corrected chi connectivity index (χ0v) is 25.0. The third-order valence-corrected chi connectivity index (χ3v) is 9.27. The highest BCUT2D eigenvalue weighted by Crippen LogP contribution is 2.52. The van der Waals surface area contributed by atoms with E-state index in [1.54, 1.807) is 0 Å². The molecule has 0 atom stereocenters. The standard InChI is InChI=1S/C43H33N/c1-43(2)39-25-12-11-22-36(39)37-28-27-33(29-40(37)43)44(32-19-7-4-8-20-32)41-26-14-24-38(42(41)31-16-5-3-6-17-31)35-23-13-18-30-15-9-10-21-34(30)35/h3-29H,1-2H3. The molecule has 0 amide bonds. The molecule has 7 aromatic carbocycles. The minimum atomic E-state index is -0.0860. The first kappa shape index (κ1) is 26.2. The molecule has 0 aliphatic heterocycles. The summed E-state index contributed by atoms with van der Waals surface area (Å²) in [5, 5.41) is 2.50. The van der Waals surface area contributed by atoms with E-state index in [0.717, 1.165) is 17.1 Å². The summed E-state index contributed by atoms with van der Waals surface area (Å²) in [6.45, 7) is 4.70. The van der Waals surface area contributed by atoms with Crippen molar-refractivity contribution < 1.29 is 0 Å². The van der Waals surface area contributed by atoms with E-state index >= 15 is 0 Å². The van der Waals surface area contributed by atoms with Crippen molar-refractivity contribution in [2.75, 3.05) is 4.90 Å². The largest absolute Gasteiger partial charge is 0.310 e.